The summed E-state index contributed by atoms with van der Waals surface area (Å²) in [5.41, 5.74) is -0.198. The lowest BCUT2D eigenvalue weighted by Gasteiger charge is -2.22. The highest BCUT2D eigenvalue weighted by molar-refractivity contribution is 6.28. The number of aromatic nitrogens is 2. The predicted molar refractivity (Wildman–Crippen MR) is 69.7 cm³/mol. The van der Waals surface area contributed by atoms with Gasteiger partial charge in [-0.1, -0.05) is 0 Å². The normalized spacial score (nSPS) is 10.5. The van der Waals surface area contributed by atoms with Gasteiger partial charge in [-0.25, -0.2) is 4.98 Å². The molecule has 0 aromatic carbocycles. The van der Waals surface area contributed by atoms with E-state index in [0.29, 0.717) is 26.3 Å². The molecule has 0 saturated carbocycles. The Kier molecular flexibility index (Phi) is 6.40. The van der Waals surface area contributed by atoms with Crippen molar-refractivity contribution < 1.29 is 14.4 Å². The van der Waals surface area contributed by atoms with Gasteiger partial charge in [0.2, 0.25) is 11.1 Å². The summed E-state index contributed by atoms with van der Waals surface area (Å²) in [5.74, 6) is 0.166. The van der Waals surface area contributed by atoms with Crippen molar-refractivity contribution in [1.82, 2.24) is 9.97 Å². The third kappa shape index (κ3) is 4.58. The first kappa shape index (κ1) is 15.5. The van der Waals surface area contributed by atoms with E-state index in [9.17, 15) is 10.1 Å². The van der Waals surface area contributed by atoms with Crippen molar-refractivity contribution in [3.05, 3.63) is 21.6 Å². The number of hydrogen-bond donors (Lipinski definition) is 0. The van der Waals surface area contributed by atoms with Gasteiger partial charge in [0.25, 0.3) is 0 Å². The van der Waals surface area contributed by atoms with Crippen molar-refractivity contribution in [2.45, 2.75) is 0 Å². The molecule has 0 saturated heterocycles. The lowest BCUT2D eigenvalue weighted by atomic mass is 10.4. The first-order chi connectivity index (χ1) is 9.10. The molecule has 0 unspecified atom stereocenters. The van der Waals surface area contributed by atoms with Gasteiger partial charge in [0, 0.05) is 27.3 Å². The Morgan fingerprint density at radius 1 is 1.37 bits per heavy atom. The average molecular weight is 291 g/mol. The maximum atomic E-state index is 11.0. The summed E-state index contributed by atoms with van der Waals surface area (Å²) in [6, 6.07) is 0. The molecule has 0 spiro atoms. The van der Waals surface area contributed by atoms with Gasteiger partial charge >= 0.3 is 5.69 Å². The molecule has 106 valence electrons. The van der Waals surface area contributed by atoms with Gasteiger partial charge in [-0.2, -0.15) is 4.98 Å². The minimum absolute atomic E-state index is 0.0413. The Balaban J connectivity index is 3.03. The summed E-state index contributed by atoms with van der Waals surface area (Å²) in [5, 5.41) is 10.9. The zero-order valence-electron chi connectivity index (χ0n) is 10.7. The third-order valence-electron chi connectivity index (χ3n) is 2.35. The van der Waals surface area contributed by atoms with Gasteiger partial charge in [0.1, 0.15) is 6.20 Å². The minimum atomic E-state index is -0.543. The zero-order valence-corrected chi connectivity index (χ0v) is 11.5. The van der Waals surface area contributed by atoms with Crippen LogP contribution in [0.4, 0.5) is 11.5 Å². The smallest absolute Gasteiger partial charge is 0.329 e. The standard InChI is InChI=1S/C10H15ClN4O4/c1-18-5-3-14(4-6-19-2)9-8(15(16)17)7-12-10(11)13-9/h7H,3-6H2,1-2H3. The molecule has 0 fully saturated rings. The second-order valence-electron chi connectivity index (χ2n) is 3.58. The van der Waals surface area contributed by atoms with Crippen molar-refractivity contribution >= 4 is 23.1 Å². The van der Waals surface area contributed by atoms with E-state index in [1.165, 1.54) is 0 Å². The maximum absolute atomic E-state index is 11.0. The lowest BCUT2D eigenvalue weighted by molar-refractivity contribution is -0.384. The van der Waals surface area contributed by atoms with E-state index in [0.717, 1.165) is 6.20 Å². The van der Waals surface area contributed by atoms with Crippen LogP contribution < -0.4 is 4.90 Å². The number of ether oxygens (including phenoxy) is 2. The van der Waals surface area contributed by atoms with E-state index >= 15 is 0 Å². The second-order valence-corrected chi connectivity index (χ2v) is 3.92. The Morgan fingerprint density at radius 2 is 1.95 bits per heavy atom. The molecule has 1 aromatic heterocycles. The number of nitro groups is 1. The van der Waals surface area contributed by atoms with Gasteiger partial charge in [0.05, 0.1) is 18.1 Å². The Labute approximate surface area is 115 Å². The Morgan fingerprint density at radius 3 is 2.42 bits per heavy atom. The quantitative estimate of drug-likeness (QED) is 0.403. The summed E-state index contributed by atoms with van der Waals surface area (Å²) in [6.45, 7) is 1.69. The van der Waals surface area contributed by atoms with Crippen LogP contribution >= 0.6 is 11.6 Å². The Hall–Kier alpha value is -1.51. The van der Waals surface area contributed by atoms with Crippen molar-refractivity contribution in [1.29, 1.82) is 0 Å². The van der Waals surface area contributed by atoms with E-state index in [2.05, 4.69) is 9.97 Å². The number of halogens is 1. The predicted octanol–water partition coefficient (Wildman–Crippen LogP) is 1.14. The second kappa shape index (κ2) is 7.82. The summed E-state index contributed by atoms with van der Waals surface area (Å²) in [7, 11) is 3.10. The summed E-state index contributed by atoms with van der Waals surface area (Å²) < 4.78 is 9.95. The van der Waals surface area contributed by atoms with Crippen LogP contribution in [0.25, 0.3) is 0 Å². The molecule has 0 bridgehead atoms. The summed E-state index contributed by atoms with van der Waals surface area (Å²) in [4.78, 5) is 19.7. The molecule has 0 atom stereocenters. The van der Waals surface area contributed by atoms with Gasteiger partial charge in [-0.05, 0) is 11.6 Å². The fourth-order valence-electron chi connectivity index (χ4n) is 1.43. The van der Waals surface area contributed by atoms with E-state index in [1.807, 2.05) is 0 Å². The molecule has 1 rings (SSSR count). The van der Waals surface area contributed by atoms with Gasteiger partial charge in [-0.3, -0.25) is 10.1 Å². The molecule has 0 N–H and O–H groups in total. The molecule has 0 radical (unpaired) electrons. The summed E-state index contributed by atoms with van der Waals surface area (Å²) in [6.07, 6.45) is 1.09. The topological polar surface area (TPSA) is 90.6 Å². The molecule has 8 nitrogen and oxygen atoms in total. The van der Waals surface area contributed by atoms with E-state index < -0.39 is 4.92 Å². The molecule has 0 aliphatic rings. The van der Waals surface area contributed by atoms with Crippen LogP contribution in [0.1, 0.15) is 0 Å². The van der Waals surface area contributed by atoms with Gasteiger partial charge in [0.15, 0.2) is 0 Å². The van der Waals surface area contributed by atoms with Crippen LogP contribution in [-0.2, 0) is 9.47 Å². The highest BCUT2D eigenvalue weighted by atomic mass is 35.5. The van der Waals surface area contributed by atoms with Crippen LogP contribution in [0.2, 0.25) is 5.28 Å². The minimum Gasteiger partial charge on any atom is -0.383 e. The number of methoxy groups -OCH3 is 2. The van der Waals surface area contributed by atoms with Crippen LogP contribution in [0, 0.1) is 10.1 Å². The molecule has 9 heteroatoms. The molecule has 0 aliphatic heterocycles. The highest BCUT2D eigenvalue weighted by Gasteiger charge is 2.22. The number of rotatable bonds is 8. The number of nitrogens with zero attached hydrogens (tertiary/aromatic N) is 4. The first-order valence-electron chi connectivity index (χ1n) is 5.50. The fourth-order valence-corrected chi connectivity index (χ4v) is 1.56. The van der Waals surface area contributed by atoms with E-state index in [4.69, 9.17) is 21.1 Å². The van der Waals surface area contributed by atoms with Gasteiger partial charge < -0.3 is 14.4 Å². The summed E-state index contributed by atoms with van der Waals surface area (Å²) >= 11 is 5.70. The van der Waals surface area contributed by atoms with E-state index in [1.54, 1.807) is 19.1 Å². The van der Waals surface area contributed by atoms with Crippen molar-refractivity contribution in [3.63, 3.8) is 0 Å². The lowest BCUT2D eigenvalue weighted by Crippen LogP contribution is -2.32. The number of hydrogen-bond acceptors (Lipinski definition) is 7. The van der Waals surface area contributed by atoms with Gasteiger partial charge in [-0.15, -0.1) is 0 Å². The molecule has 1 aromatic rings. The maximum Gasteiger partial charge on any atom is 0.329 e. The van der Waals surface area contributed by atoms with Crippen LogP contribution in [0.5, 0.6) is 0 Å². The Bertz CT molecular complexity index is 424. The largest absolute Gasteiger partial charge is 0.383 e. The fraction of sp³-hybridized carbons (Fsp3) is 0.600. The number of anilines is 1. The highest BCUT2D eigenvalue weighted by Crippen LogP contribution is 2.25. The van der Waals surface area contributed by atoms with Crippen LogP contribution in [-0.4, -0.2) is 55.4 Å². The SMILES string of the molecule is COCCN(CCOC)c1nc(Cl)ncc1[N+](=O)[O-]. The monoisotopic (exact) mass is 290 g/mol. The third-order valence-corrected chi connectivity index (χ3v) is 2.53. The zero-order chi connectivity index (χ0) is 14.3. The van der Waals surface area contributed by atoms with E-state index in [-0.39, 0.29) is 16.8 Å². The van der Waals surface area contributed by atoms with Crippen LogP contribution in [0.15, 0.2) is 6.20 Å². The molecular weight excluding hydrogens is 276 g/mol. The average Bonchev–Trinajstić information content (AvgIpc) is 2.38. The molecule has 19 heavy (non-hydrogen) atoms. The first-order valence-corrected chi connectivity index (χ1v) is 5.87. The van der Waals surface area contributed by atoms with Crippen molar-refractivity contribution in [2.75, 3.05) is 45.4 Å². The molecule has 0 aliphatic carbocycles. The van der Waals surface area contributed by atoms with Crippen molar-refractivity contribution in [2.24, 2.45) is 0 Å². The van der Waals surface area contributed by atoms with Crippen LogP contribution in [0.3, 0.4) is 0 Å². The molecule has 1 heterocycles. The molecule has 0 amide bonds. The van der Waals surface area contributed by atoms with Crippen molar-refractivity contribution in [3.8, 4) is 0 Å². The molecular formula is C10H15ClN4O4.